The molecule has 0 amide bonds. The second-order valence-corrected chi connectivity index (χ2v) is 19.8. The molecule has 0 bridgehead atoms. The molecule has 13 heteroatoms. The lowest BCUT2D eigenvalue weighted by atomic mass is 9.85. The fraction of sp³-hybridized carbons (Fsp3) is 0.732. The first-order valence-electron chi connectivity index (χ1n) is 26.9. The highest BCUT2D eigenvalue weighted by Crippen LogP contribution is 2.47. The number of esters is 1. The van der Waals surface area contributed by atoms with E-state index in [0.717, 1.165) is 83.5 Å². The van der Waals surface area contributed by atoms with Crippen molar-refractivity contribution in [2.45, 2.75) is 243 Å². The normalized spacial score (nSPS) is 21.7. The smallest absolute Gasteiger partial charge is 0.457 e. The number of allylic oxidation sites excluding steroid dienone is 14. The molecule has 0 heterocycles. The Morgan fingerprint density at radius 3 is 1.28 bits per heavy atom. The quantitative estimate of drug-likeness (QED) is 0.0147. The van der Waals surface area contributed by atoms with E-state index in [4.69, 9.17) is 18.5 Å². The molecule has 12 nitrogen and oxygen atoms in total. The summed E-state index contributed by atoms with van der Waals surface area (Å²) in [6, 6.07) is 0. The zero-order valence-electron chi connectivity index (χ0n) is 42.8. The molecule has 1 rings (SSSR count). The maximum atomic E-state index is 12.9. The molecule has 0 aromatic heterocycles. The number of aliphatic hydroxyl groups is 5. The van der Waals surface area contributed by atoms with Gasteiger partial charge < -0.3 is 39.9 Å². The molecule has 0 saturated heterocycles. The Bertz CT molecular complexity index is 1460. The van der Waals surface area contributed by atoms with Gasteiger partial charge in [-0.1, -0.05) is 208 Å². The minimum atomic E-state index is -5.04. The van der Waals surface area contributed by atoms with Crippen LogP contribution in [0.15, 0.2) is 85.1 Å². The van der Waals surface area contributed by atoms with Gasteiger partial charge in [0.1, 0.15) is 42.7 Å². The fourth-order valence-electron chi connectivity index (χ4n) is 7.81. The predicted molar refractivity (Wildman–Crippen MR) is 281 cm³/mol. The van der Waals surface area contributed by atoms with Crippen LogP contribution in [-0.2, 0) is 27.9 Å². The lowest BCUT2D eigenvalue weighted by Crippen LogP contribution is -2.64. The Morgan fingerprint density at radius 2 is 0.855 bits per heavy atom. The van der Waals surface area contributed by atoms with Gasteiger partial charge in [0, 0.05) is 13.0 Å². The summed E-state index contributed by atoms with van der Waals surface area (Å²) in [4.78, 5) is 23.3. The van der Waals surface area contributed by atoms with Crippen LogP contribution in [0, 0.1) is 0 Å². The van der Waals surface area contributed by atoms with Crippen LogP contribution in [0.4, 0.5) is 0 Å². The number of hydrogen-bond acceptors (Lipinski definition) is 11. The summed E-state index contributed by atoms with van der Waals surface area (Å²) in [6.45, 7) is 4.06. The second kappa shape index (κ2) is 45.4. The van der Waals surface area contributed by atoms with E-state index in [2.05, 4.69) is 98.9 Å². The molecule has 1 saturated carbocycles. The second-order valence-electron chi connectivity index (χ2n) is 18.4. The van der Waals surface area contributed by atoms with Crippen LogP contribution in [0.3, 0.4) is 0 Å². The van der Waals surface area contributed by atoms with Gasteiger partial charge in [-0.05, 0) is 70.6 Å². The van der Waals surface area contributed by atoms with Gasteiger partial charge in [0.25, 0.3) is 0 Å². The van der Waals surface area contributed by atoms with Crippen LogP contribution in [-0.4, -0.2) is 98.9 Å². The van der Waals surface area contributed by atoms with Gasteiger partial charge in [0.05, 0.1) is 13.2 Å². The highest BCUT2D eigenvalue weighted by atomic mass is 31.2. The van der Waals surface area contributed by atoms with Crippen molar-refractivity contribution in [2.75, 3.05) is 19.8 Å². The number of carbonyl (C=O) groups is 1. The van der Waals surface area contributed by atoms with Crippen molar-refractivity contribution in [2.24, 2.45) is 0 Å². The molecule has 0 spiro atoms. The number of hydrogen-bond donors (Lipinski definition) is 6. The van der Waals surface area contributed by atoms with Gasteiger partial charge in [-0.3, -0.25) is 13.8 Å². The monoisotopic (exact) mass is 993 g/mol. The summed E-state index contributed by atoms with van der Waals surface area (Å²) in [5.74, 6) is -0.493. The molecule has 1 aliphatic carbocycles. The molecule has 6 N–H and O–H groups in total. The van der Waals surface area contributed by atoms with E-state index >= 15 is 0 Å². The molecule has 6 unspecified atom stereocenters. The van der Waals surface area contributed by atoms with Gasteiger partial charge >= 0.3 is 13.8 Å². The first kappa shape index (κ1) is 64.5. The van der Waals surface area contributed by atoms with Gasteiger partial charge in [0.2, 0.25) is 0 Å². The Morgan fingerprint density at radius 1 is 0.478 bits per heavy atom. The largest absolute Gasteiger partial charge is 0.472 e. The van der Waals surface area contributed by atoms with Crippen molar-refractivity contribution in [1.29, 1.82) is 0 Å². The van der Waals surface area contributed by atoms with Crippen LogP contribution >= 0.6 is 7.82 Å². The molecule has 6 atom stereocenters. The van der Waals surface area contributed by atoms with Crippen molar-refractivity contribution in [3.05, 3.63) is 85.1 Å². The zero-order chi connectivity index (χ0) is 50.5. The van der Waals surface area contributed by atoms with Crippen LogP contribution in [0.1, 0.15) is 200 Å². The van der Waals surface area contributed by atoms with E-state index in [0.29, 0.717) is 13.0 Å². The lowest BCUT2D eigenvalue weighted by Gasteiger charge is -2.41. The van der Waals surface area contributed by atoms with E-state index in [1.54, 1.807) is 0 Å². The average molecular weight is 993 g/mol. The van der Waals surface area contributed by atoms with E-state index < -0.39 is 63.1 Å². The molecule has 1 aliphatic rings. The van der Waals surface area contributed by atoms with E-state index in [9.17, 15) is 39.8 Å². The van der Waals surface area contributed by atoms with Crippen molar-refractivity contribution in [3.8, 4) is 0 Å². The summed E-state index contributed by atoms with van der Waals surface area (Å²) >= 11 is 0. The van der Waals surface area contributed by atoms with Gasteiger partial charge in [0.15, 0.2) is 0 Å². The predicted octanol–water partition coefficient (Wildman–Crippen LogP) is 12.5. The number of unbranched alkanes of at least 4 members (excludes halogenated alkanes) is 19. The van der Waals surface area contributed by atoms with E-state index in [1.165, 1.54) is 89.9 Å². The molecule has 69 heavy (non-hydrogen) atoms. The number of rotatable bonds is 45. The topological polar surface area (TPSA) is 192 Å². The number of phosphoric acid groups is 1. The Labute approximate surface area is 418 Å². The van der Waals surface area contributed by atoms with Crippen molar-refractivity contribution >= 4 is 13.8 Å². The van der Waals surface area contributed by atoms with Crippen molar-refractivity contribution in [3.63, 3.8) is 0 Å². The molecule has 0 radical (unpaired) electrons. The highest BCUT2D eigenvalue weighted by molar-refractivity contribution is 7.47. The molecule has 0 aliphatic heterocycles. The van der Waals surface area contributed by atoms with E-state index in [-0.39, 0.29) is 13.0 Å². The maximum Gasteiger partial charge on any atom is 0.472 e. The molecule has 398 valence electrons. The first-order valence-corrected chi connectivity index (χ1v) is 28.4. The highest BCUT2D eigenvalue weighted by Gasteiger charge is 2.51. The minimum absolute atomic E-state index is 0.109. The Hall–Kier alpha value is -2.48. The van der Waals surface area contributed by atoms with Crippen molar-refractivity contribution < 1.29 is 58.3 Å². The summed E-state index contributed by atoms with van der Waals surface area (Å²) in [6.07, 6.45) is 49.4. The number of aliphatic hydroxyl groups excluding tert-OH is 5. The maximum absolute atomic E-state index is 12.9. The van der Waals surface area contributed by atoms with Gasteiger partial charge in [-0.15, -0.1) is 0 Å². The molecule has 0 aromatic carbocycles. The molecular weight excluding hydrogens is 896 g/mol. The van der Waals surface area contributed by atoms with Crippen LogP contribution in [0.25, 0.3) is 0 Å². The molecule has 1 fully saturated rings. The summed E-state index contributed by atoms with van der Waals surface area (Å²) in [5.41, 5.74) is 0. The lowest BCUT2D eigenvalue weighted by molar-refractivity contribution is -0.220. The van der Waals surface area contributed by atoms with Crippen LogP contribution in [0.5, 0.6) is 0 Å². The third-order valence-electron chi connectivity index (χ3n) is 12.0. The summed E-state index contributed by atoms with van der Waals surface area (Å²) in [7, 11) is -5.04. The third kappa shape index (κ3) is 37.0. The summed E-state index contributed by atoms with van der Waals surface area (Å²) in [5, 5.41) is 50.4. The van der Waals surface area contributed by atoms with Crippen molar-refractivity contribution in [1.82, 2.24) is 0 Å². The Kier molecular flexibility index (Phi) is 42.5. The van der Waals surface area contributed by atoms with Gasteiger partial charge in [-0.25, -0.2) is 4.57 Å². The number of phosphoric ester groups is 1. The van der Waals surface area contributed by atoms with Gasteiger partial charge in [-0.2, -0.15) is 0 Å². The standard InChI is InChI=1S/C56H97O12P/c1-3-5-7-9-11-13-15-17-19-21-23-24-25-26-27-28-30-32-34-36-38-40-42-44-46-65-47-49(48-66-69(63,64)68-56-54(61)52(59)51(58)53(60)55(56)62)67-50(57)45-43-41-39-37-35-33-31-29-22-20-18-16-14-12-10-8-6-4-2/h5,7,11,13,17,19,23-24,26-27,30,32,36,38,49,51-56,58-62H,3-4,6,8-10,12,14-16,18,20-22,25,28-29,31,33-35,37,39-48H2,1-2H3,(H,63,64)/b7-5-,13-11-,19-17-,24-23-,27-26-,32-30-,38-36-. The number of ether oxygens (including phenoxy) is 2. The first-order chi connectivity index (χ1) is 33.5. The minimum Gasteiger partial charge on any atom is -0.457 e. The van der Waals surface area contributed by atoms with Crippen LogP contribution < -0.4 is 0 Å². The molecular formula is C56H97O12P. The zero-order valence-corrected chi connectivity index (χ0v) is 43.7. The Balaban J connectivity index is 2.37. The summed E-state index contributed by atoms with van der Waals surface area (Å²) < 4.78 is 34.3. The van der Waals surface area contributed by atoms with E-state index in [1.807, 2.05) is 0 Å². The molecule has 0 aromatic rings. The average Bonchev–Trinajstić information content (AvgIpc) is 3.34. The van der Waals surface area contributed by atoms with Crippen LogP contribution in [0.2, 0.25) is 0 Å². The fourth-order valence-corrected chi connectivity index (χ4v) is 8.78. The third-order valence-corrected chi connectivity index (χ3v) is 13.0. The number of carbonyl (C=O) groups excluding carboxylic acids is 1. The SMILES string of the molecule is CC/C=C\C/C=C\C/C=C\C/C=C\C/C=C\C/C=C\C/C=C\CCCCOCC(COP(=O)(O)OC1C(O)C(O)C(O)C(O)C1O)OC(=O)CCCCCCCCCCCCCCCCCCCC.